The van der Waals surface area contributed by atoms with Gasteiger partial charge in [-0.1, -0.05) is 37.3 Å². The number of rotatable bonds is 6. The van der Waals surface area contributed by atoms with Gasteiger partial charge in [-0.25, -0.2) is 0 Å². The topological polar surface area (TPSA) is 31.2 Å². The highest BCUT2D eigenvalue weighted by molar-refractivity contribution is 5.80. The predicted octanol–water partition coefficient (Wildman–Crippen LogP) is 3.54. The van der Waals surface area contributed by atoms with Gasteiger partial charge in [0.05, 0.1) is 6.42 Å². The summed E-state index contributed by atoms with van der Waals surface area (Å²) < 4.78 is 7.20. The third kappa shape index (κ3) is 3.71. The summed E-state index contributed by atoms with van der Waals surface area (Å²) in [6, 6.07) is 10.2. The highest BCUT2D eigenvalue weighted by Crippen LogP contribution is 2.15. The van der Waals surface area contributed by atoms with E-state index in [2.05, 4.69) is 29.7 Å². The number of hydrogen-bond donors (Lipinski definition) is 0. The second kappa shape index (κ2) is 6.78. The summed E-state index contributed by atoms with van der Waals surface area (Å²) in [5.74, 6) is -0.154. The van der Waals surface area contributed by atoms with Crippen molar-refractivity contribution in [2.75, 3.05) is 6.61 Å². The zero-order chi connectivity index (χ0) is 13.5. The number of carbonyl (C=O) groups is 1. The summed E-state index contributed by atoms with van der Waals surface area (Å²) in [5, 5.41) is 1.20. The number of ether oxygens (including phenoxy) is 1. The predicted molar refractivity (Wildman–Crippen MR) is 76.9 cm³/mol. The lowest BCUT2D eigenvalue weighted by atomic mass is 10.2. The smallest absolute Gasteiger partial charge is 0.307 e. The molecule has 2 aromatic rings. The highest BCUT2D eigenvalue weighted by Gasteiger charge is 2.04. The van der Waals surface area contributed by atoms with E-state index in [1.54, 1.807) is 0 Å². The first-order valence-corrected chi connectivity index (χ1v) is 6.65. The van der Waals surface area contributed by atoms with Gasteiger partial charge in [-0.15, -0.1) is 0 Å². The maximum absolute atomic E-state index is 11.6. The molecule has 0 fully saturated rings. The zero-order valence-corrected chi connectivity index (χ0v) is 11.2. The molecule has 3 heteroatoms. The van der Waals surface area contributed by atoms with Crippen molar-refractivity contribution in [1.29, 1.82) is 0 Å². The van der Waals surface area contributed by atoms with Crippen molar-refractivity contribution in [3.63, 3.8) is 0 Å². The molecular weight excluding hydrogens is 238 g/mol. The molecule has 1 aromatic heterocycles. The van der Waals surface area contributed by atoms with Crippen LogP contribution in [0.25, 0.3) is 10.9 Å². The Balaban J connectivity index is 1.85. The van der Waals surface area contributed by atoms with Gasteiger partial charge in [-0.3, -0.25) is 4.79 Å². The molecule has 1 aromatic carbocycles. The number of benzene rings is 1. The molecule has 0 spiro atoms. The molecule has 0 bridgehead atoms. The molecule has 0 unspecified atom stereocenters. The van der Waals surface area contributed by atoms with Gasteiger partial charge < -0.3 is 9.30 Å². The van der Waals surface area contributed by atoms with E-state index >= 15 is 0 Å². The zero-order valence-electron chi connectivity index (χ0n) is 11.2. The van der Waals surface area contributed by atoms with Crippen LogP contribution in [-0.2, 0) is 16.1 Å². The summed E-state index contributed by atoms with van der Waals surface area (Å²) in [6.45, 7) is 3.08. The van der Waals surface area contributed by atoms with Crippen LogP contribution >= 0.6 is 0 Å². The van der Waals surface area contributed by atoms with E-state index in [4.69, 9.17) is 4.74 Å². The molecule has 0 aliphatic heterocycles. The van der Waals surface area contributed by atoms with E-state index in [-0.39, 0.29) is 5.97 Å². The summed E-state index contributed by atoms with van der Waals surface area (Å²) in [6.07, 6.45) is 7.25. The maximum atomic E-state index is 11.6. The number of carbonyl (C=O) groups excluding carboxylic acids is 1. The van der Waals surface area contributed by atoms with Crippen LogP contribution in [0.4, 0.5) is 0 Å². The van der Waals surface area contributed by atoms with Crippen molar-refractivity contribution in [2.45, 2.75) is 26.3 Å². The number of aryl methyl sites for hydroxylation is 1. The largest absolute Gasteiger partial charge is 0.461 e. The summed E-state index contributed by atoms with van der Waals surface area (Å²) in [4.78, 5) is 11.6. The fourth-order valence-corrected chi connectivity index (χ4v) is 2.00. The molecule has 0 aliphatic rings. The molecule has 0 atom stereocenters. The molecule has 100 valence electrons. The van der Waals surface area contributed by atoms with Crippen molar-refractivity contribution in [3.05, 3.63) is 48.7 Å². The number of nitrogens with zero attached hydrogens (tertiary/aromatic N) is 1. The average Bonchev–Trinajstić information content (AvgIpc) is 2.85. The molecule has 0 N–H and O–H groups in total. The van der Waals surface area contributed by atoms with Gasteiger partial charge >= 0.3 is 5.97 Å². The average molecular weight is 257 g/mol. The molecule has 19 heavy (non-hydrogen) atoms. The molecule has 0 saturated heterocycles. The monoisotopic (exact) mass is 257 g/mol. The van der Waals surface area contributed by atoms with Crippen molar-refractivity contribution in [3.8, 4) is 0 Å². The number of hydrogen-bond acceptors (Lipinski definition) is 2. The number of fused-ring (bicyclic) bond motifs is 1. The normalized spacial score (nSPS) is 11.2. The van der Waals surface area contributed by atoms with E-state index < -0.39 is 0 Å². The van der Waals surface area contributed by atoms with Gasteiger partial charge in [-0.05, 0) is 23.9 Å². The third-order valence-corrected chi connectivity index (χ3v) is 2.98. The van der Waals surface area contributed by atoms with Crippen LogP contribution in [-0.4, -0.2) is 17.1 Å². The first kappa shape index (κ1) is 13.4. The molecule has 0 radical (unpaired) electrons. The lowest BCUT2D eigenvalue weighted by molar-refractivity contribution is -0.142. The van der Waals surface area contributed by atoms with Crippen molar-refractivity contribution in [2.24, 2.45) is 0 Å². The van der Waals surface area contributed by atoms with E-state index in [9.17, 15) is 4.79 Å². The van der Waals surface area contributed by atoms with Gasteiger partial charge in [0, 0.05) is 18.3 Å². The molecule has 0 saturated carbocycles. The Hall–Kier alpha value is -2.03. The van der Waals surface area contributed by atoms with Crippen molar-refractivity contribution < 1.29 is 9.53 Å². The fourth-order valence-electron chi connectivity index (χ4n) is 2.00. The maximum Gasteiger partial charge on any atom is 0.307 e. The molecular formula is C16H19NO2. The minimum atomic E-state index is -0.154. The first-order chi connectivity index (χ1) is 9.31. The van der Waals surface area contributed by atoms with E-state index in [0.717, 1.165) is 11.9 Å². The summed E-state index contributed by atoms with van der Waals surface area (Å²) in [5.41, 5.74) is 1.15. The molecule has 3 nitrogen and oxygen atoms in total. The molecule has 0 aliphatic carbocycles. The summed E-state index contributed by atoms with van der Waals surface area (Å²) >= 11 is 0. The lowest BCUT2D eigenvalue weighted by Crippen LogP contribution is -2.08. The second-order valence-corrected chi connectivity index (χ2v) is 4.38. The number of esters is 1. The van der Waals surface area contributed by atoms with E-state index in [0.29, 0.717) is 19.6 Å². The van der Waals surface area contributed by atoms with Crippen LogP contribution < -0.4 is 0 Å². The van der Waals surface area contributed by atoms with Crippen LogP contribution in [0.15, 0.2) is 48.7 Å². The molecule has 0 amide bonds. The Labute approximate surface area is 113 Å². The molecule has 2 rings (SSSR count). The van der Waals surface area contributed by atoms with Crippen molar-refractivity contribution in [1.82, 2.24) is 4.57 Å². The Morgan fingerprint density at radius 1 is 1.26 bits per heavy atom. The van der Waals surface area contributed by atoms with Crippen LogP contribution in [0.1, 0.15) is 19.8 Å². The van der Waals surface area contributed by atoms with Crippen LogP contribution in [0.3, 0.4) is 0 Å². The summed E-state index contributed by atoms with van der Waals surface area (Å²) in [7, 11) is 0. The van der Waals surface area contributed by atoms with Crippen LogP contribution in [0.2, 0.25) is 0 Å². The van der Waals surface area contributed by atoms with Crippen molar-refractivity contribution >= 4 is 16.9 Å². The Kier molecular flexibility index (Phi) is 4.78. The quantitative estimate of drug-likeness (QED) is 0.585. The van der Waals surface area contributed by atoms with E-state index in [1.165, 1.54) is 5.39 Å². The SMILES string of the molecule is CC/C=C/COC(=O)CCn1ccc2ccccc21. The van der Waals surface area contributed by atoms with Gasteiger partial charge in [-0.2, -0.15) is 0 Å². The van der Waals surface area contributed by atoms with Gasteiger partial charge in [0.15, 0.2) is 0 Å². The Morgan fingerprint density at radius 2 is 2.11 bits per heavy atom. The lowest BCUT2D eigenvalue weighted by Gasteiger charge is -2.05. The van der Waals surface area contributed by atoms with Gasteiger partial charge in [0.25, 0.3) is 0 Å². The number of aromatic nitrogens is 1. The fraction of sp³-hybridized carbons (Fsp3) is 0.312. The Bertz CT molecular complexity index is 569. The van der Waals surface area contributed by atoms with Gasteiger partial charge in [0.2, 0.25) is 0 Å². The first-order valence-electron chi connectivity index (χ1n) is 6.65. The van der Waals surface area contributed by atoms with Crippen LogP contribution in [0, 0.1) is 0 Å². The molecule has 1 heterocycles. The Morgan fingerprint density at radius 3 is 2.95 bits per heavy atom. The third-order valence-electron chi connectivity index (χ3n) is 2.98. The highest BCUT2D eigenvalue weighted by atomic mass is 16.5. The minimum Gasteiger partial charge on any atom is -0.461 e. The standard InChI is InChI=1S/C16H19NO2/c1-2-3-6-13-19-16(18)10-12-17-11-9-14-7-4-5-8-15(14)17/h3-9,11H,2,10,12-13H2,1H3/b6-3+. The van der Waals surface area contributed by atoms with Crippen LogP contribution in [0.5, 0.6) is 0 Å². The number of allylic oxidation sites excluding steroid dienone is 1. The van der Waals surface area contributed by atoms with E-state index in [1.807, 2.05) is 30.5 Å². The number of para-hydroxylation sites is 1. The minimum absolute atomic E-state index is 0.154. The van der Waals surface area contributed by atoms with Gasteiger partial charge in [0.1, 0.15) is 6.61 Å². The second-order valence-electron chi connectivity index (χ2n) is 4.38.